The lowest BCUT2D eigenvalue weighted by Gasteiger charge is -2.38. The summed E-state index contributed by atoms with van der Waals surface area (Å²) in [5, 5.41) is 3.93. The van der Waals surface area contributed by atoms with Gasteiger partial charge in [0.25, 0.3) is 5.91 Å². The third-order valence-corrected chi connectivity index (χ3v) is 5.36. The summed E-state index contributed by atoms with van der Waals surface area (Å²) in [6.07, 6.45) is -0.541. The van der Waals surface area contributed by atoms with E-state index in [0.717, 1.165) is 11.3 Å². The molecule has 0 aromatic heterocycles. The van der Waals surface area contributed by atoms with Gasteiger partial charge in [-0.05, 0) is 36.4 Å². The van der Waals surface area contributed by atoms with Crippen LogP contribution in [0.15, 0.2) is 60.7 Å². The zero-order chi connectivity index (χ0) is 21.3. The van der Waals surface area contributed by atoms with Crippen LogP contribution in [0.2, 0.25) is 5.02 Å². The fourth-order valence-corrected chi connectivity index (χ4v) is 3.87. The average Bonchev–Trinajstić information content (AvgIpc) is 2.78. The highest BCUT2D eigenvalue weighted by Gasteiger charge is 2.36. The molecule has 0 spiro atoms. The number of rotatable bonds is 5. The van der Waals surface area contributed by atoms with Crippen molar-refractivity contribution in [2.24, 2.45) is 0 Å². The molecule has 1 heterocycles. The molecule has 1 aliphatic rings. The van der Waals surface area contributed by atoms with Crippen LogP contribution in [0.5, 0.6) is 17.2 Å². The standard InChI is InChI=1S/C23H21ClN2O4/c1-28-19-12-14(13-20(29-2)21(19)30-3)22-25-17-10-6-4-8-15(17)23(27)26(22)18-11-7-5-9-16(18)24/h4-13,22,25H,1-3H3/t22-/m1/s1. The third-order valence-electron chi connectivity index (χ3n) is 5.04. The zero-order valence-electron chi connectivity index (χ0n) is 16.8. The molecule has 3 aromatic rings. The lowest BCUT2D eigenvalue weighted by Crippen LogP contribution is -2.43. The molecule has 0 saturated carbocycles. The lowest BCUT2D eigenvalue weighted by atomic mass is 10.0. The number of para-hydroxylation sites is 2. The van der Waals surface area contributed by atoms with Gasteiger partial charge in [-0.25, -0.2) is 0 Å². The Bertz CT molecular complexity index is 1080. The van der Waals surface area contributed by atoms with Gasteiger partial charge in [-0.3, -0.25) is 9.69 Å². The Morgan fingerprint density at radius 1 is 0.900 bits per heavy atom. The summed E-state index contributed by atoms with van der Waals surface area (Å²) in [5.41, 5.74) is 2.67. The van der Waals surface area contributed by atoms with Crippen LogP contribution in [0.4, 0.5) is 11.4 Å². The van der Waals surface area contributed by atoms with Gasteiger partial charge < -0.3 is 19.5 Å². The minimum atomic E-state index is -0.541. The fourth-order valence-electron chi connectivity index (χ4n) is 3.64. The van der Waals surface area contributed by atoms with E-state index in [4.69, 9.17) is 25.8 Å². The fraction of sp³-hybridized carbons (Fsp3) is 0.174. The number of carbonyl (C=O) groups excluding carboxylic acids is 1. The van der Waals surface area contributed by atoms with Gasteiger partial charge >= 0.3 is 0 Å². The van der Waals surface area contributed by atoms with Crippen LogP contribution >= 0.6 is 11.6 Å². The summed E-state index contributed by atoms with van der Waals surface area (Å²) in [6.45, 7) is 0. The van der Waals surface area contributed by atoms with Gasteiger partial charge in [0, 0.05) is 11.3 Å². The first kappa shape index (κ1) is 19.9. The number of fused-ring (bicyclic) bond motifs is 1. The highest BCUT2D eigenvalue weighted by Crippen LogP contribution is 2.44. The summed E-state index contributed by atoms with van der Waals surface area (Å²) in [4.78, 5) is 15.2. The van der Waals surface area contributed by atoms with Gasteiger partial charge in [0.15, 0.2) is 11.5 Å². The number of nitrogens with one attached hydrogen (secondary N) is 1. The Hall–Kier alpha value is -3.38. The van der Waals surface area contributed by atoms with E-state index < -0.39 is 6.17 Å². The maximum atomic E-state index is 13.5. The highest BCUT2D eigenvalue weighted by molar-refractivity contribution is 6.34. The Morgan fingerprint density at radius 3 is 2.17 bits per heavy atom. The smallest absolute Gasteiger partial charge is 0.262 e. The number of hydrogen-bond donors (Lipinski definition) is 1. The van der Waals surface area contributed by atoms with Crippen LogP contribution in [0.3, 0.4) is 0 Å². The maximum Gasteiger partial charge on any atom is 0.262 e. The molecule has 1 atom stereocenters. The van der Waals surface area contributed by atoms with Crippen molar-refractivity contribution in [1.82, 2.24) is 0 Å². The molecule has 0 fully saturated rings. The predicted octanol–water partition coefficient (Wildman–Crippen LogP) is 5.14. The largest absolute Gasteiger partial charge is 0.493 e. The van der Waals surface area contributed by atoms with Gasteiger partial charge in [-0.15, -0.1) is 0 Å². The number of nitrogens with zero attached hydrogens (tertiary/aromatic N) is 1. The van der Waals surface area contributed by atoms with E-state index in [2.05, 4.69) is 5.32 Å². The molecule has 0 bridgehead atoms. The van der Waals surface area contributed by atoms with Crippen molar-refractivity contribution >= 4 is 28.9 Å². The second kappa shape index (κ2) is 8.16. The molecule has 0 saturated heterocycles. The minimum Gasteiger partial charge on any atom is -0.493 e. The zero-order valence-corrected chi connectivity index (χ0v) is 17.6. The summed E-state index contributed by atoms with van der Waals surface area (Å²) in [7, 11) is 4.66. The first-order chi connectivity index (χ1) is 14.6. The van der Waals surface area contributed by atoms with E-state index in [-0.39, 0.29) is 5.91 Å². The van der Waals surface area contributed by atoms with Gasteiger partial charge in [0.05, 0.1) is 37.6 Å². The molecule has 1 amide bonds. The van der Waals surface area contributed by atoms with Crippen molar-refractivity contribution in [2.45, 2.75) is 6.17 Å². The summed E-state index contributed by atoms with van der Waals surface area (Å²) in [6, 6.07) is 18.3. The third kappa shape index (κ3) is 3.29. The molecule has 3 aromatic carbocycles. The summed E-state index contributed by atoms with van der Waals surface area (Å²) >= 11 is 6.48. The number of halogens is 1. The van der Waals surface area contributed by atoms with Crippen molar-refractivity contribution in [2.75, 3.05) is 31.5 Å². The minimum absolute atomic E-state index is 0.156. The van der Waals surface area contributed by atoms with E-state index in [9.17, 15) is 4.79 Å². The van der Waals surface area contributed by atoms with Crippen LogP contribution in [-0.2, 0) is 0 Å². The number of methoxy groups -OCH3 is 3. The molecule has 1 aliphatic heterocycles. The van der Waals surface area contributed by atoms with Crippen molar-refractivity contribution in [3.05, 3.63) is 76.8 Å². The second-order valence-electron chi connectivity index (χ2n) is 6.68. The number of carbonyl (C=O) groups is 1. The number of ether oxygens (including phenoxy) is 3. The first-order valence-corrected chi connectivity index (χ1v) is 9.70. The van der Waals surface area contributed by atoms with E-state index in [0.29, 0.717) is 33.5 Å². The quantitative estimate of drug-likeness (QED) is 0.614. The lowest BCUT2D eigenvalue weighted by molar-refractivity contribution is 0.0975. The van der Waals surface area contributed by atoms with Crippen LogP contribution < -0.4 is 24.4 Å². The maximum absolute atomic E-state index is 13.5. The van der Waals surface area contributed by atoms with E-state index in [1.807, 2.05) is 48.5 Å². The Kier molecular flexibility index (Phi) is 5.42. The normalized spacial score (nSPS) is 15.3. The van der Waals surface area contributed by atoms with Gasteiger partial charge in [-0.2, -0.15) is 0 Å². The predicted molar refractivity (Wildman–Crippen MR) is 117 cm³/mol. The SMILES string of the molecule is COc1cc([C@@H]2Nc3ccccc3C(=O)N2c2ccccc2Cl)cc(OC)c1OC. The van der Waals surface area contributed by atoms with Gasteiger partial charge in [0.1, 0.15) is 6.17 Å². The number of amides is 1. The average molecular weight is 425 g/mol. The molecule has 30 heavy (non-hydrogen) atoms. The molecule has 6 nitrogen and oxygen atoms in total. The second-order valence-corrected chi connectivity index (χ2v) is 7.08. The Morgan fingerprint density at radius 2 is 1.53 bits per heavy atom. The van der Waals surface area contributed by atoms with E-state index in [1.165, 1.54) is 0 Å². The summed E-state index contributed by atoms with van der Waals surface area (Å²) in [5.74, 6) is 1.32. The Labute approximate surface area is 179 Å². The molecule has 4 rings (SSSR count). The van der Waals surface area contributed by atoms with Crippen LogP contribution in [0.25, 0.3) is 0 Å². The van der Waals surface area contributed by atoms with Crippen LogP contribution in [0.1, 0.15) is 22.1 Å². The van der Waals surface area contributed by atoms with E-state index >= 15 is 0 Å². The number of benzene rings is 3. The number of anilines is 2. The Balaban J connectivity index is 1.92. The van der Waals surface area contributed by atoms with Crippen LogP contribution in [0, 0.1) is 0 Å². The van der Waals surface area contributed by atoms with Crippen molar-refractivity contribution < 1.29 is 19.0 Å². The molecule has 154 valence electrons. The van der Waals surface area contributed by atoms with Crippen molar-refractivity contribution in [1.29, 1.82) is 0 Å². The van der Waals surface area contributed by atoms with Crippen molar-refractivity contribution in [3.63, 3.8) is 0 Å². The molecule has 0 aliphatic carbocycles. The molecule has 7 heteroatoms. The van der Waals surface area contributed by atoms with Gasteiger partial charge in [0.2, 0.25) is 5.75 Å². The topological polar surface area (TPSA) is 60.0 Å². The molecule has 1 N–H and O–H groups in total. The highest BCUT2D eigenvalue weighted by atomic mass is 35.5. The molecule has 0 unspecified atom stereocenters. The van der Waals surface area contributed by atoms with E-state index in [1.54, 1.807) is 38.4 Å². The molecular weight excluding hydrogens is 404 g/mol. The monoisotopic (exact) mass is 424 g/mol. The van der Waals surface area contributed by atoms with Gasteiger partial charge in [-0.1, -0.05) is 35.9 Å². The van der Waals surface area contributed by atoms with Crippen molar-refractivity contribution in [3.8, 4) is 17.2 Å². The first-order valence-electron chi connectivity index (χ1n) is 9.32. The number of hydrogen-bond acceptors (Lipinski definition) is 5. The van der Waals surface area contributed by atoms with Crippen LogP contribution in [-0.4, -0.2) is 27.2 Å². The molecular formula is C23H21ClN2O4. The molecule has 0 radical (unpaired) electrons. The summed E-state index contributed by atoms with van der Waals surface area (Å²) < 4.78 is 16.5.